The molecule has 0 spiro atoms. The van der Waals surface area contributed by atoms with Crippen LogP contribution in [0.5, 0.6) is 0 Å². The summed E-state index contributed by atoms with van der Waals surface area (Å²) in [7, 11) is 0. The number of carbonyl (C=O) groups is 2. The first-order valence-corrected chi connectivity index (χ1v) is 8.75. The van der Waals surface area contributed by atoms with Crippen LogP contribution >= 0.6 is 0 Å². The zero-order valence-corrected chi connectivity index (χ0v) is 15.3. The van der Waals surface area contributed by atoms with Gasteiger partial charge in [-0.05, 0) is 45.4 Å². The van der Waals surface area contributed by atoms with Gasteiger partial charge in [-0.15, -0.1) is 0 Å². The van der Waals surface area contributed by atoms with E-state index >= 15 is 0 Å². The minimum atomic E-state index is -1.06. The summed E-state index contributed by atoms with van der Waals surface area (Å²) in [6, 6.07) is 2.47. The van der Waals surface area contributed by atoms with Crippen LogP contribution in [0.1, 0.15) is 37.6 Å². The van der Waals surface area contributed by atoms with Crippen LogP contribution in [-0.2, 0) is 4.79 Å². The lowest BCUT2D eigenvalue weighted by atomic mass is 10.1. The highest BCUT2D eigenvalue weighted by Gasteiger charge is 2.37. The molecular weight excluding hydrogens is 340 g/mol. The van der Waals surface area contributed by atoms with Crippen molar-refractivity contribution in [3.63, 3.8) is 0 Å². The molecule has 0 unspecified atom stereocenters. The Balaban J connectivity index is 2.08. The zero-order valence-electron chi connectivity index (χ0n) is 15.3. The van der Waals surface area contributed by atoms with E-state index in [2.05, 4.69) is 10.6 Å². The van der Waals surface area contributed by atoms with Crippen molar-refractivity contribution in [1.82, 2.24) is 15.5 Å². The second-order valence-corrected chi connectivity index (χ2v) is 6.51. The Bertz CT molecular complexity index is 706. The average molecular weight is 365 g/mol. The van der Waals surface area contributed by atoms with E-state index in [1.807, 2.05) is 31.7 Å². The molecule has 1 fully saturated rings. The molecular formula is C19H25F2N3O2. The molecule has 1 saturated heterocycles. The number of hydrogen-bond donors (Lipinski definition) is 2. The van der Waals surface area contributed by atoms with Crippen molar-refractivity contribution in [1.29, 1.82) is 0 Å². The molecule has 2 atom stereocenters. The first-order chi connectivity index (χ1) is 12.3. The van der Waals surface area contributed by atoms with Gasteiger partial charge in [0.05, 0.1) is 6.04 Å². The maximum absolute atomic E-state index is 13.3. The molecule has 2 N–H and O–H groups in total. The summed E-state index contributed by atoms with van der Waals surface area (Å²) >= 11 is 0. The van der Waals surface area contributed by atoms with Crippen molar-refractivity contribution >= 4 is 11.8 Å². The highest BCUT2D eigenvalue weighted by Crippen LogP contribution is 2.20. The number of carbonyl (C=O) groups excluding carboxylic acids is 2. The predicted octanol–water partition coefficient (Wildman–Crippen LogP) is 2.24. The SMILES string of the molecule is C/C=C(\C)CN1C[C@@H](NC(=O)c2ccc(F)c(F)c2)C[C@H]1C(=O)NCC. The lowest BCUT2D eigenvalue weighted by Gasteiger charge is -2.23. The summed E-state index contributed by atoms with van der Waals surface area (Å²) in [5, 5.41) is 5.64. The molecule has 2 amide bonds. The minimum Gasteiger partial charge on any atom is -0.355 e. The first-order valence-electron chi connectivity index (χ1n) is 8.75. The second kappa shape index (κ2) is 8.89. The minimum absolute atomic E-state index is 0.0570. The van der Waals surface area contributed by atoms with Gasteiger partial charge in [0.1, 0.15) is 0 Å². The highest BCUT2D eigenvalue weighted by molar-refractivity contribution is 5.94. The van der Waals surface area contributed by atoms with Gasteiger partial charge in [0.15, 0.2) is 11.6 Å². The molecule has 142 valence electrons. The molecule has 0 aliphatic carbocycles. The number of nitrogens with one attached hydrogen (secondary N) is 2. The van der Waals surface area contributed by atoms with Gasteiger partial charge < -0.3 is 10.6 Å². The Kier molecular flexibility index (Phi) is 6.85. The third-order valence-electron chi connectivity index (χ3n) is 4.52. The van der Waals surface area contributed by atoms with Crippen molar-refractivity contribution in [2.45, 2.75) is 39.3 Å². The third-order valence-corrected chi connectivity index (χ3v) is 4.52. The number of likely N-dealkylation sites (N-methyl/N-ethyl adjacent to an activating group) is 1. The van der Waals surface area contributed by atoms with E-state index in [1.165, 1.54) is 6.07 Å². The van der Waals surface area contributed by atoms with Crippen molar-refractivity contribution in [2.24, 2.45) is 0 Å². The fourth-order valence-corrected chi connectivity index (χ4v) is 3.07. The summed E-state index contributed by atoms with van der Waals surface area (Å²) in [6.07, 6.45) is 2.46. The number of rotatable bonds is 6. The van der Waals surface area contributed by atoms with Gasteiger partial charge in [-0.25, -0.2) is 8.78 Å². The van der Waals surface area contributed by atoms with Crippen LogP contribution in [0.3, 0.4) is 0 Å². The molecule has 0 radical (unpaired) electrons. The van der Waals surface area contributed by atoms with Crippen LogP contribution in [-0.4, -0.2) is 48.4 Å². The number of amides is 2. The number of benzene rings is 1. The van der Waals surface area contributed by atoms with Crippen LogP contribution in [0.2, 0.25) is 0 Å². The molecule has 1 aromatic rings. The molecule has 1 aliphatic rings. The molecule has 1 heterocycles. The highest BCUT2D eigenvalue weighted by atomic mass is 19.2. The van der Waals surface area contributed by atoms with Gasteiger partial charge in [0.25, 0.3) is 5.91 Å². The summed E-state index contributed by atoms with van der Waals surface area (Å²) in [5.74, 6) is -2.60. The zero-order chi connectivity index (χ0) is 19.3. The average Bonchev–Trinajstić information content (AvgIpc) is 2.99. The van der Waals surface area contributed by atoms with Gasteiger partial charge >= 0.3 is 0 Å². The number of nitrogens with zero attached hydrogens (tertiary/aromatic N) is 1. The Morgan fingerprint density at radius 3 is 2.65 bits per heavy atom. The molecule has 1 aliphatic heterocycles. The Labute approximate surface area is 152 Å². The number of allylic oxidation sites excluding steroid dienone is 1. The fourth-order valence-electron chi connectivity index (χ4n) is 3.07. The summed E-state index contributed by atoms with van der Waals surface area (Å²) < 4.78 is 26.4. The summed E-state index contributed by atoms with van der Waals surface area (Å²) in [6.45, 7) is 7.48. The molecule has 0 aromatic heterocycles. The molecule has 0 saturated carbocycles. The largest absolute Gasteiger partial charge is 0.355 e. The van der Waals surface area contributed by atoms with Gasteiger partial charge in [-0.2, -0.15) is 0 Å². The molecule has 2 rings (SSSR count). The van der Waals surface area contributed by atoms with E-state index in [-0.39, 0.29) is 23.6 Å². The normalized spacial score (nSPS) is 20.9. The molecule has 5 nitrogen and oxygen atoms in total. The van der Waals surface area contributed by atoms with Crippen LogP contribution in [0, 0.1) is 11.6 Å². The van der Waals surface area contributed by atoms with Crippen molar-refractivity contribution in [3.05, 3.63) is 47.0 Å². The van der Waals surface area contributed by atoms with Crippen LogP contribution in [0.25, 0.3) is 0 Å². The monoisotopic (exact) mass is 365 g/mol. The number of hydrogen-bond acceptors (Lipinski definition) is 3. The maximum atomic E-state index is 13.3. The van der Waals surface area contributed by atoms with Gasteiger partial charge in [-0.3, -0.25) is 14.5 Å². The van der Waals surface area contributed by atoms with Crippen LogP contribution < -0.4 is 10.6 Å². The quantitative estimate of drug-likeness (QED) is 0.760. The lowest BCUT2D eigenvalue weighted by Crippen LogP contribution is -2.43. The standard InChI is InChI=1S/C19H25F2N3O2/c1-4-12(3)10-24-11-14(9-17(24)19(26)22-5-2)23-18(25)13-6-7-15(20)16(21)8-13/h4,6-8,14,17H,5,9-11H2,1-3H3,(H,22,26)(H,23,25)/b12-4+/t14-,17-/m0/s1. The molecule has 7 heteroatoms. The second-order valence-electron chi connectivity index (χ2n) is 6.51. The fraction of sp³-hybridized carbons (Fsp3) is 0.474. The van der Waals surface area contributed by atoms with Gasteiger partial charge in [0, 0.05) is 31.2 Å². The summed E-state index contributed by atoms with van der Waals surface area (Å²) in [5.41, 5.74) is 1.19. The number of halogens is 2. The summed E-state index contributed by atoms with van der Waals surface area (Å²) in [4.78, 5) is 26.7. The Morgan fingerprint density at radius 1 is 1.31 bits per heavy atom. The predicted molar refractivity (Wildman–Crippen MR) is 95.7 cm³/mol. The topological polar surface area (TPSA) is 61.4 Å². The first kappa shape index (κ1) is 20.0. The van der Waals surface area contributed by atoms with E-state index < -0.39 is 17.5 Å². The van der Waals surface area contributed by atoms with Crippen molar-refractivity contribution < 1.29 is 18.4 Å². The Hall–Kier alpha value is -2.28. The van der Waals surface area contributed by atoms with E-state index in [0.717, 1.165) is 17.7 Å². The number of likely N-dealkylation sites (tertiary alicyclic amines) is 1. The smallest absolute Gasteiger partial charge is 0.251 e. The van der Waals surface area contributed by atoms with E-state index in [9.17, 15) is 18.4 Å². The van der Waals surface area contributed by atoms with Crippen molar-refractivity contribution in [2.75, 3.05) is 19.6 Å². The van der Waals surface area contributed by atoms with Gasteiger partial charge in [0.2, 0.25) is 5.91 Å². The van der Waals surface area contributed by atoms with Gasteiger partial charge in [-0.1, -0.05) is 11.6 Å². The molecule has 0 bridgehead atoms. The van der Waals surface area contributed by atoms with E-state index in [1.54, 1.807) is 0 Å². The van der Waals surface area contributed by atoms with E-state index in [0.29, 0.717) is 26.1 Å². The van der Waals surface area contributed by atoms with E-state index in [4.69, 9.17) is 0 Å². The Morgan fingerprint density at radius 2 is 2.04 bits per heavy atom. The van der Waals surface area contributed by atoms with Crippen LogP contribution in [0.15, 0.2) is 29.8 Å². The van der Waals surface area contributed by atoms with Crippen molar-refractivity contribution in [3.8, 4) is 0 Å². The molecule has 26 heavy (non-hydrogen) atoms. The lowest BCUT2D eigenvalue weighted by molar-refractivity contribution is -0.125. The van der Waals surface area contributed by atoms with Crippen LogP contribution in [0.4, 0.5) is 8.78 Å². The molecule has 1 aromatic carbocycles. The third kappa shape index (κ3) is 4.88. The maximum Gasteiger partial charge on any atom is 0.251 e.